The minimum absolute atomic E-state index is 0.0521. The zero-order valence-corrected chi connectivity index (χ0v) is 39.7. The molecule has 3 aliphatic rings. The molecule has 0 unspecified atom stereocenters. The van der Waals surface area contributed by atoms with Gasteiger partial charge in [0.1, 0.15) is 0 Å². The molecule has 1 nitrogen and oxygen atoms in total. The minimum atomic E-state index is -0.101. The van der Waals surface area contributed by atoms with Crippen LogP contribution in [0.25, 0.3) is 44.5 Å². The van der Waals surface area contributed by atoms with E-state index in [2.05, 4.69) is 206 Å². The lowest BCUT2D eigenvalue weighted by molar-refractivity contribution is 0.443. The Morgan fingerprint density at radius 1 is 0.453 bits per heavy atom. The Balaban J connectivity index is 1.10. The highest BCUT2D eigenvalue weighted by molar-refractivity contribution is 5.88. The average molecular weight is 838 g/mol. The van der Waals surface area contributed by atoms with Crippen molar-refractivity contribution in [2.75, 3.05) is 4.90 Å². The maximum Gasteiger partial charge on any atom is 0.0502 e. The van der Waals surface area contributed by atoms with Gasteiger partial charge in [-0.1, -0.05) is 184 Å². The predicted octanol–water partition coefficient (Wildman–Crippen LogP) is 18.0. The molecule has 1 fully saturated rings. The number of hydrogen-bond acceptors (Lipinski definition) is 1. The van der Waals surface area contributed by atoms with E-state index in [9.17, 15) is 0 Å². The molecule has 0 heterocycles. The summed E-state index contributed by atoms with van der Waals surface area (Å²) in [5, 5.41) is 0. The Kier molecular flexibility index (Phi) is 10.8. The van der Waals surface area contributed by atoms with E-state index < -0.39 is 0 Å². The Hall–Kier alpha value is -5.66. The molecule has 3 aliphatic carbocycles. The molecule has 1 saturated carbocycles. The van der Waals surface area contributed by atoms with Crippen molar-refractivity contribution in [3.05, 3.63) is 185 Å². The van der Waals surface area contributed by atoms with Crippen LogP contribution in [-0.2, 0) is 29.1 Å². The number of hydrogen-bond donors (Lipinski definition) is 0. The van der Waals surface area contributed by atoms with Crippen molar-refractivity contribution in [2.24, 2.45) is 0 Å². The molecule has 0 N–H and O–H groups in total. The number of anilines is 3. The lowest BCUT2D eigenvalue weighted by Gasteiger charge is -2.32. The summed E-state index contributed by atoms with van der Waals surface area (Å²) in [6.07, 6.45) is 11.4. The molecule has 324 valence electrons. The fourth-order valence-electron chi connectivity index (χ4n) is 11.2. The molecule has 64 heavy (non-hydrogen) atoms. The van der Waals surface area contributed by atoms with Crippen molar-refractivity contribution in [3.63, 3.8) is 0 Å². The Bertz CT molecular complexity index is 2800. The molecular weight excluding hydrogens is 771 g/mol. The van der Waals surface area contributed by atoms with Gasteiger partial charge < -0.3 is 4.90 Å². The van der Waals surface area contributed by atoms with Crippen LogP contribution in [-0.4, -0.2) is 0 Å². The third-order valence-corrected chi connectivity index (χ3v) is 15.1. The van der Waals surface area contributed by atoms with E-state index in [1.165, 1.54) is 145 Å². The molecule has 0 aromatic heterocycles. The summed E-state index contributed by atoms with van der Waals surface area (Å²) >= 11 is 0. The SMILES string of the molecule is CC(C)(C)c1cc(-c2ccc(N(c3ccc4c(c3)C(C)(C)c3ccccc3-4)c3cc(-c4cccc(-c5ccc(C6CCCCC6)cc5)c4)cc4c3CCCC4)cc2)cc(C(C)(C)C)c1. The molecule has 0 spiro atoms. The van der Waals surface area contributed by atoms with Crippen LogP contribution in [0.5, 0.6) is 0 Å². The maximum atomic E-state index is 2.59. The van der Waals surface area contributed by atoms with E-state index in [4.69, 9.17) is 0 Å². The first kappa shape index (κ1) is 42.3. The second-order valence-corrected chi connectivity index (χ2v) is 22.0. The third kappa shape index (κ3) is 7.95. The number of rotatable bonds is 7. The smallest absolute Gasteiger partial charge is 0.0502 e. The molecule has 7 aromatic carbocycles. The van der Waals surface area contributed by atoms with E-state index in [1.54, 1.807) is 0 Å². The van der Waals surface area contributed by atoms with Crippen LogP contribution < -0.4 is 4.90 Å². The lowest BCUT2D eigenvalue weighted by Crippen LogP contribution is -2.18. The fourth-order valence-corrected chi connectivity index (χ4v) is 11.2. The van der Waals surface area contributed by atoms with Gasteiger partial charge >= 0.3 is 0 Å². The van der Waals surface area contributed by atoms with Gasteiger partial charge in [-0.2, -0.15) is 0 Å². The largest absolute Gasteiger partial charge is 0.310 e. The van der Waals surface area contributed by atoms with Gasteiger partial charge in [0.15, 0.2) is 0 Å². The van der Waals surface area contributed by atoms with Gasteiger partial charge in [0.2, 0.25) is 0 Å². The topological polar surface area (TPSA) is 3.24 Å². The highest BCUT2D eigenvalue weighted by Crippen LogP contribution is 2.52. The minimum Gasteiger partial charge on any atom is -0.310 e. The summed E-state index contributed by atoms with van der Waals surface area (Å²) in [7, 11) is 0. The first-order valence-electron chi connectivity index (χ1n) is 24.4. The first-order chi connectivity index (χ1) is 30.7. The van der Waals surface area contributed by atoms with E-state index in [0.29, 0.717) is 0 Å². The molecule has 1 heteroatoms. The Morgan fingerprint density at radius 3 is 1.75 bits per heavy atom. The molecule has 0 radical (unpaired) electrons. The van der Waals surface area contributed by atoms with Crippen molar-refractivity contribution < 1.29 is 0 Å². The van der Waals surface area contributed by atoms with E-state index >= 15 is 0 Å². The second-order valence-electron chi connectivity index (χ2n) is 22.0. The van der Waals surface area contributed by atoms with Gasteiger partial charge in [-0.05, 0) is 175 Å². The quantitative estimate of drug-likeness (QED) is 0.155. The van der Waals surface area contributed by atoms with Gasteiger partial charge in [0, 0.05) is 16.8 Å². The highest BCUT2D eigenvalue weighted by atomic mass is 15.1. The number of fused-ring (bicyclic) bond motifs is 4. The van der Waals surface area contributed by atoms with Crippen LogP contribution in [0.2, 0.25) is 0 Å². The van der Waals surface area contributed by atoms with E-state index in [1.807, 2.05) is 0 Å². The maximum absolute atomic E-state index is 2.59. The molecular formula is C63H67N. The van der Waals surface area contributed by atoms with Gasteiger partial charge in [0.25, 0.3) is 0 Å². The summed E-state index contributed by atoms with van der Waals surface area (Å²) in [4.78, 5) is 2.59. The van der Waals surface area contributed by atoms with Gasteiger partial charge in [-0.25, -0.2) is 0 Å². The van der Waals surface area contributed by atoms with Crippen molar-refractivity contribution in [3.8, 4) is 44.5 Å². The monoisotopic (exact) mass is 838 g/mol. The predicted molar refractivity (Wildman–Crippen MR) is 275 cm³/mol. The van der Waals surface area contributed by atoms with Crippen molar-refractivity contribution in [1.29, 1.82) is 0 Å². The zero-order valence-electron chi connectivity index (χ0n) is 39.7. The summed E-state index contributed by atoms with van der Waals surface area (Å²) in [6.45, 7) is 18.8. The zero-order chi connectivity index (χ0) is 44.4. The third-order valence-electron chi connectivity index (χ3n) is 15.1. The van der Waals surface area contributed by atoms with Gasteiger partial charge in [-0.15, -0.1) is 0 Å². The summed E-state index contributed by atoms with van der Waals surface area (Å²) in [5.74, 6) is 0.718. The molecule has 0 amide bonds. The van der Waals surface area contributed by atoms with Crippen molar-refractivity contribution in [2.45, 2.75) is 135 Å². The Morgan fingerprint density at radius 2 is 1.05 bits per heavy atom. The average Bonchev–Trinajstić information content (AvgIpc) is 3.54. The van der Waals surface area contributed by atoms with Crippen LogP contribution in [0, 0.1) is 0 Å². The van der Waals surface area contributed by atoms with Crippen molar-refractivity contribution >= 4 is 17.1 Å². The van der Waals surface area contributed by atoms with Crippen molar-refractivity contribution in [1.82, 2.24) is 0 Å². The molecule has 0 bridgehead atoms. The number of nitrogens with zero attached hydrogens (tertiary/aromatic N) is 1. The van der Waals surface area contributed by atoms with Crippen LogP contribution in [0.1, 0.15) is 145 Å². The Labute approximate surface area is 384 Å². The number of benzene rings is 7. The number of aryl methyl sites for hydroxylation is 1. The fraction of sp³-hybridized carbons (Fsp3) is 0.333. The molecule has 10 rings (SSSR count). The van der Waals surface area contributed by atoms with Gasteiger partial charge in [0.05, 0.1) is 5.69 Å². The highest BCUT2D eigenvalue weighted by Gasteiger charge is 2.36. The summed E-state index contributed by atoms with van der Waals surface area (Å²) in [5.41, 5.74) is 24.2. The second kappa shape index (κ2) is 16.4. The standard InChI is InChI=1S/C63H67N/c1-61(2,3)51-37-50(38-52(40-51)62(4,5)6)45-29-31-53(32-30-45)64(54-33-34-57-56-23-14-15-24-58(56)63(7,8)59(57)41-54)60-39-49(36-48-19-12-13-22-55(48)60)47-21-16-20-46(35-47)44-27-25-43(26-28-44)42-17-10-9-11-18-42/h14-16,20-21,23-42H,9-13,17-19,22H2,1-8H3. The van der Waals surface area contributed by atoms with Crippen LogP contribution in [0.15, 0.2) is 146 Å². The van der Waals surface area contributed by atoms with Crippen LogP contribution in [0.3, 0.4) is 0 Å². The lowest BCUT2D eigenvalue weighted by atomic mass is 9.79. The van der Waals surface area contributed by atoms with Crippen LogP contribution >= 0.6 is 0 Å². The van der Waals surface area contributed by atoms with E-state index in [-0.39, 0.29) is 16.2 Å². The normalized spacial score (nSPS) is 15.9. The first-order valence-corrected chi connectivity index (χ1v) is 24.4. The summed E-state index contributed by atoms with van der Waals surface area (Å²) < 4.78 is 0. The molecule has 0 atom stereocenters. The van der Waals surface area contributed by atoms with E-state index in [0.717, 1.165) is 18.8 Å². The van der Waals surface area contributed by atoms with Crippen LogP contribution in [0.4, 0.5) is 17.1 Å². The molecule has 0 aliphatic heterocycles. The summed E-state index contributed by atoms with van der Waals surface area (Å²) in [6, 6.07) is 56.9. The molecule has 7 aromatic rings. The van der Waals surface area contributed by atoms with Gasteiger partial charge in [-0.3, -0.25) is 0 Å². The molecule has 0 saturated heterocycles.